The fraction of sp³-hybridized carbons (Fsp3) is 0.333. The Balaban J connectivity index is 1.87. The molecule has 0 aromatic heterocycles. The van der Waals surface area contributed by atoms with Crippen LogP contribution in [0, 0.1) is 0 Å². The molecule has 1 heterocycles. The standard InChI is InChI=1S/C18H21BO2/c1-17(2)18(3,4)21-19(20-17)13-12-15-10-7-9-14-8-5-6-11-16(14)15/h5-13H,1-4H3/b13-12+. The molecule has 3 rings (SSSR count). The monoisotopic (exact) mass is 280 g/mol. The Kier molecular flexibility index (Phi) is 3.43. The zero-order valence-corrected chi connectivity index (χ0v) is 13.1. The van der Waals surface area contributed by atoms with E-state index in [1.807, 2.05) is 5.98 Å². The van der Waals surface area contributed by atoms with Crippen molar-refractivity contribution in [1.29, 1.82) is 0 Å². The quantitative estimate of drug-likeness (QED) is 0.755. The minimum atomic E-state index is -0.297. The second-order valence-corrected chi connectivity index (χ2v) is 6.55. The van der Waals surface area contributed by atoms with E-state index in [0.717, 1.165) is 0 Å². The first-order valence-electron chi connectivity index (χ1n) is 7.41. The van der Waals surface area contributed by atoms with Crippen LogP contribution in [0.4, 0.5) is 0 Å². The van der Waals surface area contributed by atoms with Gasteiger partial charge in [0, 0.05) is 0 Å². The van der Waals surface area contributed by atoms with Gasteiger partial charge in [-0.3, -0.25) is 0 Å². The molecule has 0 N–H and O–H groups in total. The fourth-order valence-electron chi connectivity index (χ4n) is 2.55. The highest BCUT2D eigenvalue weighted by atomic mass is 16.7. The summed E-state index contributed by atoms with van der Waals surface area (Å²) in [5.41, 5.74) is 0.601. The van der Waals surface area contributed by atoms with Crippen LogP contribution in [-0.2, 0) is 9.31 Å². The predicted octanol–water partition coefficient (Wildman–Crippen LogP) is 4.48. The van der Waals surface area contributed by atoms with E-state index in [-0.39, 0.29) is 18.3 Å². The van der Waals surface area contributed by atoms with E-state index in [9.17, 15) is 0 Å². The van der Waals surface area contributed by atoms with Crippen molar-refractivity contribution in [2.75, 3.05) is 0 Å². The Labute approximate surface area is 126 Å². The Morgan fingerprint density at radius 3 is 2.19 bits per heavy atom. The van der Waals surface area contributed by atoms with Crippen molar-refractivity contribution in [2.24, 2.45) is 0 Å². The SMILES string of the molecule is CC1(C)OB(/C=C/c2cccc3ccccc23)OC1(C)C. The molecule has 3 heteroatoms. The van der Waals surface area contributed by atoms with Crippen LogP contribution in [0.2, 0.25) is 0 Å². The number of benzene rings is 2. The second-order valence-electron chi connectivity index (χ2n) is 6.55. The fourth-order valence-corrected chi connectivity index (χ4v) is 2.55. The van der Waals surface area contributed by atoms with Crippen LogP contribution in [0.15, 0.2) is 48.4 Å². The van der Waals surface area contributed by atoms with E-state index in [0.29, 0.717) is 0 Å². The highest BCUT2D eigenvalue weighted by Gasteiger charge is 2.49. The average molecular weight is 280 g/mol. The Hall–Kier alpha value is -1.58. The number of fused-ring (bicyclic) bond motifs is 1. The van der Waals surface area contributed by atoms with E-state index in [1.165, 1.54) is 16.3 Å². The third-order valence-corrected chi connectivity index (χ3v) is 4.53. The predicted molar refractivity (Wildman–Crippen MR) is 89.1 cm³/mol. The van der Waals surface area contributed by atoms with E-state index in [1.54, 1.807) is 0 Å². The lowest BCUT2D eigenvalue weighted by Crippen LogP contribution is -2.41. The molecule has 108 valence electrons. The van der Waals surface area contributed by atoms with Gasteiger partial charge in [-0.05, 0) is 44.0 Å². The summed E-state index contributed by atoms with van der Waals surface area (Å²) in [7, 11) is -0.297. The first-order chi connectivity index (χ1) is 9.89. The molecular formula is C18H21BO2. The van der Waals surface area contributed by atoms with Gasteiger partial charge in [-0.1, -0.05) is 54.5 Å². The van der Waals surface area contributed by atoms with Crippen LogP contribution in [0.1, 0.15) is 33.3 Å². The minimum absolute atomic E-state index is 0.291. The topological polar surface area (TPSA) is 18.5 Å². The van der Waals surface area contributed by atoms with Crippen molar-refractivity contribution in [3.05, 3.63) is 54.0 Å². The molecule has 0 spiro atoms. The molecule has 2 aromatic carbocycles. The maximum Gasteiger partial charge on any atom is 0.487 e. The Morgan fingerprint density at radius 1 is 0.857 bits per heavy atom. The van der Waals surface area contributed by atoms with Gasteiger partial charge in [0.1, 0.15) is 0 Å². The molecule has 2 aromatic rings. The van der Waals surface area contributed by atoms with Crippen LogP contribution in [0.25, 0.3) is 16.8 Å². The maximum atomic E-state index is 5.99. The van der Waals surface area contributed by atoms with Crippen molar-refractivity contribution in [3.8, 4) is 0 Å². The molecule has 1 saturated heterocycles. The molecule has 0 aliphatic carbocycles. The van der Waals surface area contributed by atoms with Crippen LogP contribution >= 0.6 is 0 Å². The summed E-state index contributed by atoms with van der Waals surface area (Å²) in [5.74, 6) is 2.00. The van der Waals surface area contributed by atoms with Crippen molar-refractivity contribution < 1.29 is 9.31 Å². The molecule has 2 nitrogen and oxygen atoms in total. The molecule has 1 aliphatic heterocycles. The van der Waals surface area contributed by atoms with Gasteiger partial charge in [0.05, 0.1) is 11.2 Å². The summed E-state index contributed by atoms with van der Waals surface area (Å²) < 4.78 is 12.0. The van der Waals surface area contributed by atoms with Crippen LogP contribution in [0.5, 0.6) is 0 Å². The van der Waals surface area contributed by atoms with Crippen LogP contribution in [-0.4, -0.2) is 18.3 Å². The lowest BCUT2D eigenvalue weighted by molar-refractivity contribution is 0.00578. The summed E-state index contributed by atoms with van der Waals surface area (Å²) in [6.45, 7) is 8.27. The molecule has 1 fully saturated rings. The number of rotatable bonds is 2. The summed E-state index contributed by atoms with van der Waals surface area (Å²) >= 11 is 0. The maximum absolute atomic E-state index is 5.99. The lowest BCUT2D eigenvalue weighted by atomic mass is 9.88. The molecule has 1 aliphatic rings. The van der Waals surface area contributed by atoms with Crippen molar-refractivity contribution in [2.45, 2.75) is 38.9 Å². The third kappa shape index (κ3) is 2.64. The van der Waals surface area contributed by atoms with Gasteiger partial charge in [0.25, 0.3) is 0 Å². The second kappa shape index (κ2) is 5.01. The first-order valence-corrected chi connectivity index (χ1v) is 7.41. The van der Waals surface area contributed by atoms with Crippen molar-refractivity contribution >= 4 is 24.0 Å². The van der Waals surface area contributed by atoms with Crippen molar-refractivity contribution in [3.63, 3.8) is 0 Å². The largest absolute Gasteiger partial charge is 0.487 e. The van der Waals surface area contributed by atoms with Crippen LogP contribution < -0.4 is 0 Å². The first kappa shape index (κ1) is 14.4. The molecular weight excluding hydrogens is 259 g/mol. The lowest BCUT2D eigenvalue weighted by Gasteiger charge is -2.32. The van der Waals surface area contributed by atoms with E-state index < -0.39 is 0 Å². The normalized spacial score (nSPS) is 20.5. The number of hydrogen-bond donors (Lipinski definition) is 0. The third-order valence-electron chi connectivity index (χ3n) is 4.53. The minimum Gasteiger partial charge on any atom is -0.400 e. The highest BCUT2D eigenvalue weighted by molar-refractivity contribution is 6.52. The average Bonchev–Trinajstić information content (AvgIpc) is 2.64. The van der Waals surface area contributed by atoms with Gasteiger partial charge >= 0.3 is 7.12 Å². The summed E-state index contributed by atoms with van der Waals surface area (Å²) in [4.78, 5) is 0. The molecule has 0 amide bonds. The molecule has 0 saturated carbocycles. The Morgan fingerprint density at radius 2 is 1.48 bits per heavy atom. The molecule has 0 unspecified atom stereocenters. The van der Waals surface area contributed by atoms with Gasteiger partial charge in [-0.15, -0.1) is 0 Å². The van der Waals surface area contributed by atoms with Gasteiger partial charge in [-0.25, -0.2) is 0 Å². The van der Waals surface area contributed by atoms with Gasteiger partial charge in [-0.2, -0.15) is 0 Å². The van der Waals surface area contributed by atoms with E-state index >= 15 is 0 Å². The van der Waals surface area contributed by atoms with E-state index in [2.05, 4.69) is 76.2 Å². The summed E-state index contributed by atoms with van der Waals surface area (Å²) in [5, 5.41) is 2.49. The van der Waals surface area contributed by atoms with Gasteiger partial charge in [0.15, 0.2) is 0 Å². The molecule has 0 radical (unpaired) electrons. The molecule has 21 heavy (non-hydrogen) atoms. The molecule has 0 atom stereocenters. The van der Waals surface area contributed by atoms with Crippen LogP contribution in [0.3, 0.4) is 0 Å². The Bertz CT molecular complexity index is 667. The van der Waals surface area contributed by atoms with Gasteiger partial charge in [0.2, 0.25) is 0 Å². The summed E-state index contributed by atoms with van der Waals surface area (Å²) in [6.07, 6.45) is 2.09. The highest BCUT2D eigenvalue weighted by Crippen LogP contribution is 2.37. The smallest absolute Gasteiger partial charge is 0.400 e. The molecule has 0 bridgehead atoms. The zero-order chi connectivity index (χ0) is 15.1. The van der Waals surface area contributed by atoms with Gasteiger partial charge < -0.3 is 9.31 Å². The van der Waals surface area contributed by atoms with E-state index in [4.69, 9.17) is 9.31 Å². The van der Waals surface area contributed by atoms with Crippen molar-refractivity contribution in [1.82, 2.24) is 0 Å². The zero-order valence-electron chi connectivity index (χ0n) is 13.1. The number of hydrogen-bond acceptors (Lipinski definition) is 2. The summed E-state index contributed by atoms with van der Waals surface area (Å²) in [6, 6.07) is 14.7.